The summed E-state index contributed by atoms with van der Waals surface area (Å²) in [5.74, 6) is -0.408. The summed E-state index contributed by atoms with van der Waals surface area (Å²) in [6.07, 6.45) is 1.92. The SMILES string of the molecule is O=C(O)CC1CN(Cc2ncc(Cl)s2)C1. The molecule has 15 heavy (non-hydrogen) atoms. The minimum Gasteiger partial charge on any atom is -0.481 e. The molecular formula is C9H11ClN2O2S. The molecule has 0 amide bonds. The van der Waals surface area contributed by atoms with Gasteiger partial charge in [0, 0.05) is 13.1 Å². The van der Waals surface area contributed by atoms with Gasteiger partial charge < -0.3 is 5.11 Å². The van der Waals surface area contributed by atoms with E-state index in [-0.39, 0.29) is 6.42 Å². The summed E-state index contributed by atoms with van der Waals surface area (Å²) in [5.41, 5.74) is 0. The number of hydrogen-bond donors (Lipinski definition) is 1. The molecule has 2 rings (SSSR count). The first-order chi connectivity index (χ1) is 7.13. The number of thiazole rings is 1. The highest BCUT2D eigenvalue weighted by molar-refractivity contribution is 7.15. The number of carboxylic acids is 1. The van der Waals surface area contributed by atoms with Crippen molar-refractivity contribution in [2.75, 3.05) is 13.1 Å². The molecule has 0 atom stereocenters. The van der Waals surface area contributed by atoms with Crippen molar-refractivity contribution < 1.29 is 9.90 Å². The van der Waals surface area contributed by atoms with Gasteiger partial charge >= 0.3 is 5.97 Å². The molecule has 2 heterocycles. The number of nitrogens with zero attached hydrogens (tertiary/aromatic N) is 2. The Morgan fingerprint density at radius 3 is 3.00 bits per heavy atom. The fraction of sp³-hybridized carbons (Fsp3) is 0.556. The van der Waals surface area contributed by atoms with Crippen LogP contribution in [0.1, 0.15) is 11.4 Å². The van der Waals surface area contributed by atoms with Crippen molar-refractivity contribution >= 4 is 28.9 Å². The van der Waals surface area contributed by atoms with E-state index in [2.05, 4.69) is 9.88 Å². The van der Waals surface area contributed by atoms with Crippen LogP contribution in [0.4, 0.5) is 0 Å². The van der Waals surface area contributed by atoms with Crippen LogP contribution in [-0.4, -0.2) is 34.0 Å². The van der Waals surface area contributed by atoms with Crippen LogP contribution in [0.5, 0.6) is 0 Å². The van der Waals surface area contributed by atoms with E-state index in [0.29, 0.717) is 10.3 Å². The summed E-state index contributed by atoms with van der Waals surface area (Å²) in [5, 5.41) is 9.58. The molecule has 1 aromatic heterocycles. The van der Waals surface area contributed by atoms with Gasteiger partial charge in [-0.2, -0.15) is 0 Å². The van der Waals surface area contributed by atoms with Gasteiger partial charge in [0.05, 0.1) is 19.2 Å². The highest BCUT2D eigenvalue weighted by Crippen LogP contribution is 2.24. The van der Waals surface area contributed by atoms with Gasteiger partial charge in [-0.25, -0.2) is 4.98 Å². The molecule has 0 radical (unpaired) electrons. The van der Waals surface area contributed by atoms with Crippen molar-refractivity contribution in [1.29, 1.82) is 0 Å². The summed E-state index contributed by atoms with van der Waals surface area (Å²) >= 11 is 7.24. The average molecular weight is 247 g/mol. The zero-order valence-electron chi connectivity index (χ0n) is 8.02. The average Bonchev–Trinajstić information content (AvgIpc) is 2.47. The highest BCUT2D eigenvalue weighted by Gasteiger charge is 2.28. The van der Waals surface area contributed by atoms with Crippen LogP contribution in [0.25, 0.3) is 0 Å². The van der Waals surface area contributed by atoms with Crippen molar-refractivity contribution in [1.82, 2.24) is 9.88 Å². The van der Waals surface area contributed by atoms with Crippen LogP contribution in [0, 0.1) is 5.92 Å². The van der Waals surface area contributed by atoms with E-state index >= 15 is 0 Å². The highest BCUT2D eigenvalue weighted by atomic mass is 35.5. The van der Waals surface area contributed by atoms with Crippen molar-refractivity contribution in [3.05, 3.63) is 15.5 Å². The van der Waals surface area contributed by atoms with E-state index in [1.807, 2.05) is 0 Å². The number of likely N-dealkylation sites (tertiary alicyclic amines) is 1. The minimum atomic E-state index is -0.711. The summed E-state index contributed by atoms with van der Waals surface area (Å²) in [6, 6.07) is 0. The van der Waals surface area contributed by atoms with Gasteiger partial charge in [-0.15, -0.1) is 11.3 Å². The Labute approximate surface area is 96.5 Å². The normalized spacial score (nSPS) is 17.7. The van der Waals surface area contributed by atoms with E-state index in [4.69, 9.17) is 16.7 Å². The maximum absolute atomic E-state index is 10.4. The second-order valence-electron chi connectivity index (χ2n) is 3.72. The second-order valence-corrected chi connectivity index (χ2v) is 5.46. The second kappa shape index (κ2) is 4.47. The van der Waals surface area contributed by atoms with Crippen molar-refractivity contribution in [2.24, 2.45) is 5.92 Å². The first kappa shape index (κ1) is 10.9. The number of carbonyl (C=O) groups is 1. The minimum absolute atomic E-state index is 0.273. The molecule has 82 valence electrons. The zero-order chi connectivity index (χ0) is 10.8. The molecule has 1 aliphatic rings. The first-order valence-electron chi connectivity index (χ1n) is 4.68. The van der Waals surface area contributed by atoms with E-state index in [0.717, 1.165) is 24.6 Å². The van der Waals surface area contributed by atoms with Crippen LogP contribution in [-0.2, 0) is 11.3 Å². The number of aliphatic carboxylic acids is 1. The molecule has 0 aromatic carbocycles. The van der Waals surface area contributed by atoms with E-state index in [1.54, 1.807) is 6.20 Å². The number of halogens is 1. The fourth-order valence-corrected chi connectivity index (χ4v) is 2.73. The monoisotopic (exact) mass is 246 g/mol. The van der Waals surface area contributed by atoms with Gasteiger partial charge in [0.2, 0.25) is 0 Å². The van der Waals surface area contributed by atoms with Crippen LogP contribution in [0.3, 0.4) is 0 Å². The number of carboxylic acid groups (broad SMARTS) is 1. The lowest BCUT2D eigenvalue weighted by molar-refractivity contribution is -0.139. The van der Waals surface area contributed by atoms with Gasteiger partial charge in [-0.05, 0) is 5.92 Å². The van der Waals surface area contributed by atoms with Gasteiger partial charge in [-0.1, -0.05) is 11.6 Å². The Hall–Kier alpha value is -0.650. The number of rotatable bonds is 4. The zero-order valence-corrected chi connectivity index (χ0v) is 9.59. The molecule has 1 aromatic rings. The molecule has 0 aliphatic carbocycles. The molecule has 1 N–H and O–H groups in total. The largest absolute Gasteiger partial charge is 0.481 e. The predicted octanol–water partition coefficient (Wildman–Crippen LogP) is 1.70. The summed E-state index contributed by atoms with van der Waals surface area (Å²) in [7, 11) is 0. The number of hydrogen-bond acceptors (Lipinski definition) is 4. The summed E-state index contributed by atoms with van der Waals surface area (Å²) in [4.78, 5) is 16.8. The van der Waals surface area contributed by atoms with Gasteiger partial charge in [0.1, 0.15) is 9.34 Å². The quantitative estimate of drug-likeness (QED) is 0.879. The lowest BCUT2D eigenvalue weighted by Gasteiger charge is -2.37. The molecule has 0 unspecified atom stereocenters. The van der Waals surface area contributed by atoms with Crippen LogP contribution in [0.2, 0.25) is 4.34 Å². The maximum atomic E-state index is 10.4. The van der Waals surface area contributed by atoms with Crippen molar-refractivity contribution in [2.45, 2.75) is 13.0 Å². The maximum Gasteiger partial charge on any atom is 0.303 e. The smallest absolute Gasteiger partial charge is 0.303 e. The molecule has 1 saturated heterocycles. The molecule has 1 aliphatic heterocycles. The Balaban J connectivity index is 1.74. The predicted molar refractivity (Wildman–Crippen MR) is 58.1 cm³/mol. The van der Waals surface area contributed by atoms with E-state index in [9.17, 15) is 4.79 Å². The Morgan fingerprint density at radius 1 is 1.73 bits per heavy atom. The van der Waals surface area contributed by atoms with Crippen LogP contribution >= 0.6 is 22.9 Å². The third-order valence-corrected chi connectivity index (χ3v) is 3.48. The van der Waals surface area contributed by atoms with Gasteiger partial charge in [0.25, 0.3) is 0 Å². The Kier molecular flexibility index (Phi) is 3.23. The third kappa shape index (κ3) is 2.90. The Bertz CT molecular complexity index is 363. The van der Waals surface area contributed by atoms with Crippen LogP contribution in [0.15, 0.2) is 6.20 Å². The molecule has 0 bridgehead atoms. The van der Waals surface area contributed by atoms with Gasteiger partial charge in [-0.3, -0.25) is 9.69 Å². The standard InChI is InChI=1S/C9H11ClN2O2S/c10-7-2-11-8(15-7)5-12-3-6(4-12)1-9(13)14/h2,6H,1,3-5H2,(H,13,14). The number of aromatic nitrogens is 1. The molecular weight excluding hydrogens is 236 g/mol. The fourth-order valence-electron chi connectivity index (χ4n) is 1.73. The molecule has 0 spiro atoms. The molecule has 0 saturated carbocycles. The van der Waals surface area contributed by atoms with Gasteiger partial charge in [0.15, 0.2) is 0 Å². The lowest BCUT2D eigenvalue weighted by atomic mass is 9.97. The van der Waals surface area contributed by atoms with Crippen LogP contribution < -0.4 is 0 Å². The van der Waals surface area contributed by atoms with E-state index in [1.165, 1.54) is 11.3 Å². The van der Waals surface area contributed by atoms with Crippen molar-refractivity contribution in [3.63, 3.8) is 0 Å². The molecule has 4 nitrogen and oxygen atoms in total. The van der Waals surface area contributed by atoms with Crippen molar-refractivity contribution in [3.8, 4) is 0 Å². The summed E-state index contributed by atoms with van der Waals surface area (Å²) in [6.45, 7) is 2.49. The third-order valence-electron chi connectivity index (χ3n) is 2.38. The molecule has 1 fully saturated rings. The van der Waals surface area contributed by atoms with E-state index < -0.39 is 5.97 Å². The summed E-state index contributed by atoms with van der Waals surface area (Å²) < 4.78 is 0.701. The molecule has 6 heteroatoms. The topological polar surface area (TPSA) is 53.4 Å². The lowest BCUT2D eigenvalue weighted by Crippen LogP contribution is -2.46. The Morgan fingerprint density at radius 2 is 2.47 bits per heavy atom. The first-order valence-corrected chi connectivity index (χ1v) is 5.87.